The minimum Gasteiger partial charge on any atom is -0.475 e. The summed E-state index contributed by atoms with van der Waals surface area (Å²) in [7, 11) is 0. The highest BCUT2D eigenvalue weighted by Gasteiger charge is 2.18. The molecular weight excluding hydrogens is 492 g/mol. The average Bonchev–Trinajstić information content (AvgIpc) is 3.48. The number of pyridine rings is 1. The molecule has 11 heteroatoms. The van der Waals surface area contributed by atoms with Crippen molar-refractivity contribution >= 4 is 17.3 Å². The summed E-state index contributed by atoms with van der Waals surface area (Å²) in [5, 5.41) is 22.0. The molecule has 0 saturated carbocycles. The third kappa shape index (κ3) is 5.34. The molecule has 3 aromatic heterocycles. The molecule has 2 aromatic carbocycles. The number of anilines is 1. The van der Waals surface area contributed by atoms with Crippen LogP contribution in [0.4, 0.5) is 5.69 Å². The van der Waals surface area contributed by atoms with E-state index in [1.165, 1.54) is 4.68 Å². The number of nitrogens with one attached hydrogen (secondary N) is 2. The van der Waals surface area contributed by atoms with E-state index in [1.54, 1.807) is 12.4 Å². The van der Waals surface area contributed by atoms with Crippen LogP contribution in [0.5, 0.6) is 5.88 Å². The van der Waals surface area contributed by atoms with Gasteiger partial charge in [0.15, 0.2) is 0 Å². The fourth-order valence-corrected chi connectivity index (χ4v) is 4.12. The average molecular weight is 515 g/mol. The SMILES string of the molecule is CCOc1nn(Cc2ccc(-c3ccccc3-c3nn[nH]n3)cc2)c(=O)c(Cl)c1NCc1cccnc1. The molecule has 2 N–H and O–H groups in total. The largest absolute Gasteiger partial charge is 0.475 e. The highest BCUT2D eigenvalue weighted by molar-refractivity contribution is 6.33. The predicted octanol–water partition coefficient (Wildman–Crippen LogP) is 4.20. The van der Waals surface area contributed by atoms with Gasteiger partial charge in [-0.2, -0.15) is 5.21 Å². The summed E-state index contributed by atoms with van der Waals surface area (Å²) >= 11 is 6.49. The molecule has 0 atom stereocenters. The fourth-order valence-electron chi connectivity index (χ4n) is 3.88. The number of ether oxygens (including phenoxy) is 1. The number of hydrogen-bond donors (Lipinski definition) is 2. The Kier molecular flexibility index (Phi) is 7.18. The molecule has 0 spiro atoms. The van der Waals surface area contributed by atoms with Gasteiger partial charge in [-0.1, -0.05) is 66.2 Å². The van der Waals surface area contributed by atoms with Crippen molar-refractivity contribution in [2.75, 3.05) is 11.9 Å². The summed E-state index contributed by atoms with van der Waals surface area (Å²) in [5.74, 6) is 0.785. The van der Waals surface area contributed by atoms with Gasteiger partial charge in [0.05, 0.1) is 13.2 Å². The van der Waals surface area contributed by atoms with E-state index in [0.717, 1.165) is 27.8 Å². The van der Waals surface area contributed by atoms with Crippen LogP contribution in [0.1, 0.15) is 18.1 Å². The maximum Gasteiger partial charge on any atom is 0.288 e. The number of tetrazole rings is 1. The van der Waals surface area contributed by atoms with Gasteiger partial charge in [-0.3, -0.25) is 9.78 Å². The van der Waals surface area contributed by atoms with Crippen LogP contribution in [0.25, 0.3) is 22.5 Å². The zero-order chi connectivity index (χ0) is 25.6. The topological polar surface area (TPSA) is 124 Å². The summed E-state index contributed by atoms with van der Waals surface area (Å²) in [4.78, 5) is 17.2. The number of rotatable bonds is 9. The smallest absolute Gasteiger partial charge is 0.288 e. The van der Waals surface area contributed by atoms with E-state index in [0.29, 0.717) is 24.7 Å². The third-order valence-electron chi connectivity index (χ3n) is 5.65. The monoisotopic (exact) mass is 514 g/mol. The predicted molar refractivity (Wildman–Crippen MR) is 140 cm³/mol. The van der Waals surface area contributed by atoms with E-state index in [-0.39, 0.29) is 17.4 Å². The summed E-state index contributed by atoms with van der Waals surface area (Å²) in [5.41, 5.74) is 4.58. The van der Waals surface area contributed by atoms with E-state index in [9.17, 15) is 4.79 Å². The first kappa shape index (κ1) is 24.1. The lowest BCUT2D eigenvalue weighted by atomic mass is 9.98. The maximum atomic E-state index is 13.1. The molecule has 0 radical (unpaired) electrons. The number of hydrogen-bond acceptors (Lipinski definition) is 8. The van der Waals surface area contributed by atoms with Crippen LogP contribution in [0.3, 0.4) is 0 Å². The molecule has 186 valence electrons. The molecule has 3 heterocycles. The summed E-state index contributed by atoms with van der Waals surface area (Å²) < 4.78 is 7.02. The van der Waals surface area contributed by atoms with Crippen LogP contribution in [0.15, 0.2) is 77.9 Å². The molecule has 0 unspecified atom stereocenters. The van der Waals surface area contributed by atoms with E-state index in [1.807, 2.05) is 67.6 Å². The molecule has 0 fully saturated rings. The van der Waals surface area contributed by atoms with Crippen molar-refractivity contribution in [3.63, 3.8) is 0 Å². The van der Waals surface area contributed by atoms with Gasteiger partial charge in [0.25, 0.3) is 11.4 Å². The van der Waals surface area contributed by atoms with Crippen molar-refractivity contribution in [1.29, 1.82) is 0 Å². The Morgan fingerprint density at radius 1 is 1.03 bits per heavy atom. The Labute approximate surface area is 217 Å². The normalized spacial score (nSPS) is 10.9. The van der Waals surface area contributed by atoms with Gasteiger partial charge < -0.3 is 10.1 Å². The summed E-state index contributed by atoms with van der Waals surface area (Å²) in [6, 6.07) is 19.4. The minimum atomic E-state index is -0.412. The van der Waals surface area contributed by atoms with Crippen LogP contribution in [0, 0.1) is 0 Å². The van der Waals surface area contributed by atoms with Gasteiger partial charge in [-0.25, -0.2) is 4.68 Å². The lowest BCUT2D eigenvalue weighted by molar-refractivity contribution is 0.316. The van der Waals surface area contributed by atoms with Crippen molar-refractivity contribution in [2.24, 2.45) is 0 Å². The first-order valence-corrected chi connectivity index (χ1v) is 12.0. The molecule has 10 nitrogen and oxygen atoms in total. The zero-order valence-corrected chi connectivity index (χ0v) is 20.7. The Morgan fingerprint density at radius 3 is 2.54 bits per heavy atom. The van der Waals surface area contributed by atoms with Crippen LogP contribution in [-0.4, -0.2) is 42.0 Å². The van der Waals surface area contributed by atoms with E-state index >= 15 is 0 Å². The second-order valence-electron chi connectivity index (χ2n) is 8.08. The van der Waals surface area contributed by atoms with Crippen LogP contribution < -0.4 is 15.6 Å². The number of benzene rings is 2. The maximum absolute atomic E-state index is 13.1. The summed E-state index contributed by atoms with van der Waals surface area (Å²) in [6.07, 6.45) is 3.43. The number of H-pyrrole nitrogens is 1. The van der Waals surface area contributed by atoms with Gasteiger partial charge in [0.1, 0.15) is 10.7 Å². The first-order chi connectivity index (χ1) is 18.1. The Bertz CT molecular complexity index is 1540. The molecule has 0 amide bonds. The van der Waals surface area contributed by atoms with Gasteiger partial charge in [0, 0.05) is 24.5 Å². The molecular formula is C26H23ClN8O2. The molecule has 0 bridgehead atoms. The van der Waals surface area contributed by atoms with Crippen molar-refractivity contribution in [1.82, 2.24) is 35.4 Å². The second kappa shape index (κ2) is 11.0. The van der Waals surface area contributed by atoms with Gasteiger partial charge in [-0.15, -0.1) is 15.3 Å². The molecule has 0 aliphatic carbocycles. The fraction of sp³-hybridized carbons (Fsp3) is 0.154. The van der Waals surface area contributed by atoms with Crippen molar-refractivity contribution in [2.45, 2.75) is 20.0 Å². The highest BCUT2D eigenvalue weighted by atomic mass is 35.5. The van der Waals surface area contributed by atoms with Crippen molar-refractivity contribution < 1.29 is 4.74 Å². The lowest BCUT2D eigenvalue weighted by Crippen LogP contribution is -2.26. The van der Waals surface area contributed by atoms with E-state index in [2.05, 4.69) is 36.0 Å². The first-order valence-electron chi connectivity index (χ1n) is 11.6. The third-order valence-corrected chi connectivity index (χ3v) is 6.00. The Hall–Kier alpha value is -4.57. The molecule has 37 heavy (non-hydrogen) atoms. The van der Waals surface area contributed by atoms with Crippen molar-refractivity contribution in [3.05, 3.63) is 99.6 Å². The standard InChI is InChI=1S/C26H23ClN8O2/c1-2-37-25-23(29-15-18-6-5-13-28-14-18)22(27)26(36)35(32-25)16-17-9-11-19(12-10-17)20-7-3-4-8-21(20)24-30-33-34-31-24/h3-14,29H,2,15-16H2,1H3,(H,30,31,33,34). The highest BCUT2D eigenvalue weighted by Crippen LogP contribution is 2.30. The van der Waals surface area contributed by atoms with Crippen LogP contribution >= 0.6 is 11.6 Å². The second-order valence-corrected chi connectivity index (χ2v) is 8.46. The van der Waals surface area contributed by atoms with Gasteiger partial charge in [-0.05, 0) is 40.5 Å². The molecule has 5 aromatic rings. The van der Waals surface area contributed by atoms with E-state index in [4.69, 9.17) is 16.3 Å². The Balaban J connectivity index is 1.40. The lowest BCUT2D eigenvalue weighted by Gasteiger charge is -2.15. The molecule has 0 saturated heterocycles. The van der Waals surface area contributed by atoms with Gasteiger partial charge >= 0.3 is 0 Å². The Morgan fingerprint density at radius 2 is 1.84 bits per heavy atom. The van der Waals surface area contributed by atoms with Crippen LogP contribution in [-0.2, 0) is 13.1 Å². The van der Waals surface area contributed by atoms with Gasteiger partial charge in [0.2, 0.25) is 5.82 Å². The minimum absolute atomic E-state index is 0.0213. The number of aromatic nitrogens is 7. The van der Waals surface area contributed by atoms with Crippen LogP contribution in [0.2, 0.25) is 5.02 Å². The van der Waals surface area contributed by atoms with Crippen molar-refractivity contribution in [3.8, 4) is 28.4 Å². The number of halogens is 1. The molecule has 5 rings (SSSR count). The molecule has 0 aliphatic heterocycles. The zero-order valence-electron chi connectivity index (χ0n) is 19.9. The quantitative estimate of drug-likeness (QED) is 0.300. The number of aromatic amines is 1. The summed E-state index contributed by atoms with van der Waals surface area (Å²) in [6.45, 7) is 2.87. The molecule has 0 aliphatic rings. The number of nitrogens with zero attached hydrogens (tertiary/aromatic N) is 6. The van der Waals surface area contributed by atoms with E-state index < -0.39 is 5.56 Å².